The topological polar surface area (TPSA) is 32.3 Å². The predicted molar refractivity (Wildman–Crippen MR) is 81.5 cm³/mol. The highest BCUT2D eigenvalue weighted by molar-refractivity contribution is 9.10. The third-order valence-corrected chi connectivity index (χ3v) is 4.35. The first-order chi connectivity index (χ1) is 9.06. The van der Waals surface area contributed by atoms with Crippen molar-refractivity contribution in [2.75, 3.05) is 19.6 Å². The zero-order chi connectivity index (χ0) is 13.8. The van der Waals surface area contributed by atoms with Gasteiger partial charge in [-0.3, -0.25) is 4.79 Å². The van der Waals surface area contributed by atoms with E-state index >= 15 is 0 Å². The normalized spacial score (nSPS) is 19.5. The molecule has 104 valence electrons. The van der Waals surface area contributed by atoms with E-state index in [-0.39, 0.29) is 5.91 Å². The molecular formula is C14H18BrClN2O. The molecule has 0 radical (unpaired) electrons. The van der Waals surface area contributed by atoms with E-state index in [1.807, 2.05) is 23.1 Å². The van der Waals surface area contributed by atoms with Gasteiger partial charge in [0.2, 0.25) is 5.91 Å². The molecule has 1 aliphatic rings. The first-order valence-electron chi connectivity index (χ1n) is 6.51. The predicted octanol–water partition coefficient (Wildman–Crippen LogP) is 2.86. The number of amides is 1. The van der Waals surface area contributed by atoms with Crippen molar-refractivity contribution < 1.29 is 4.79 Å². The number of hydrogen-bond acceptors (Lipinski definition) is 2. The summed E-state index contributed by atoms with van der Waals surface area (Å²) in [6.45, 7) is 4.59. The molecule has 1 saturated heterocycles. The Morgan fingerprint density at radius 3 is 3.11 bits per heavy atom. The second-order valence-corrected chi connectivity index (χ2v) is 6.22. The van der Waals surface area contributed by atoms with Gasteiger partial charge in [0.15, 0.2) is 0 Å². The van der Waals surface area contributed by atoms with Crippen LogP contribution < -0.4 is 5.32 Å². The van der Waals surface area contributed by atoms with E-state index in [1.165, 1.54) is 0 Å². The van der Waals surface area contributed by atoms with Crippen LogP contribution in [0.4, 0.5) is 0 Å². The number of carbonyl (C=O) groups excluding carboxylic acids is 1. The third kappa shape index (κ3) is 4.20. The molecule has 0 spiro atoms. The summed E-state index contributed by atoms with van der Waals surface area (Å²) < 4.78 is 1.01. The Balaban J connectivity index is 1.91. The molecule has 1 heterocycles. The molecule has 1 N–H and O–H groups in total. The van der Waals surface area contributed by atoms with Crippen LogP contribution in [0.2, 0.25) is 5.02 Å². The summed E-state index contributed by atoms with van der Waals surface area (Å²) in [6.07, 6.45) is 1.25. The number of nitrogens with one attached hydrogen (secondary N) is 1. The second-order valence-electron chi connectivity index (χ2n) is 4.93. The fourth-order valence-electron chi connectivity index (χ4n) is 2.29. The number of halogens is 2. The van der Waals surface area contributed by atoms with E-state index in [4.69, 9.17) is 11.6 Å². The van der Waals surface area contributed by atoms with Crippen LogP contribution in [0.25, 0.3) is 0 Å². The standard InChI is InChI=1S/C14H18BrClN2O/c1-10-9-18(7-6-17-10)14(19)5-2-11-8-12(16)3-4-13(11)15/h3-4,8,10,17H,2,5-7,9H2,1H3. The lowest BCUT2D eigenvalue weighted by Gasteiger charge is -2.32. The average molecular weight is 346 g/mol. The number of benzene rings is 1. The van der Waals surface area contributed by atoms with E-state index in [9.17, 15) is 4.79 Å². The molecule has 1 unspecified atom stereocenters. The summed E-state index contributed by atoms with van der Waals surface area (Å²) in [6, 6.07) is 6.07. The van der Waals surface area contributed by atoms with Crippen LogP contribution in [-0.4, -0.2) is 36.5 Å². The molecule has 2 rings (SSSR count). The van der Waals surface area contributed by atoms with Gasteiger partial charge in [0.1, 0.15) is 0 Å². The number of hydrogen-bond donors (Lipinski definition) is 1. The van der Waals surface area contributed by atoms with Crippen molar-refractivity contribution in [1.82, 2.24) is 10.2 Å². The highest BCUT2D eigenvalue weighted by Gasteiger charge is 2.20. The summed E-state index contributed by atoms with van der Waals surface area (Å²) in [7, 11) is 0. The van der Waals surface area contributed by atoms with Gasteiger partial charge in [0, 0.05) is 41.6 Å². The monoisotopic (exact) mass is 344 g/mol. The Bertz CT molecular complexity index is 467. The van der Waals surface area contributed by atoms with Crippen molar-refractivity contribution in [3.8, 4) is 0 Å². The van der Waals surface area contributed by atoms with Gasteiger partial charge < -0.3 is 10.2 Å². The minimum Gasteiger partial charge on any atom is -0.340 e. The fourth-order valence-corrected chi connectivity index (χ4v) is 2.93. The van der Waals surface area contributed by atoms with Gasteiger partial charge in [-0.25, -0.2) is 0 Å². The minimum atomic E-state index is 0.222. The second kappa shape index (κ2) is 6.73. The Labute approximate surface area is 127 Å². The van der Waals surface area contributed by atoms with Crippen molar-refractivity contribution >= 4 is 33.4 Å². The van der Waals surface area contributed by atoms with Crippen LogP contribution in [0.3, 0.4) is 0 Å². The maximum absolute atomic E-state index is 12.2. The number of nitrogens with zero attached hydrogens (tertiary/aromatic N) is 1. The summed E-state index contributed by atoms with van der Waals surface area (Å²) in [5.74, 6) is 0.222. The molecule has 1 aromatic rings. The Kier molecular flexibility index (Phi) is 5.25. The molecule has 3 nitrogen and oxygen atoms in total. The van der Waals surface area contributed by atoms with Gasteiger partial charge in [-0.1, -0.05) is 27.5 Å². The van der Waals surface area contributed by atoms with Crippen LogP contribution in [-0.2, 0) is 11.2 Å². The van der Waals surface area contributed by atoms with Gasteiger partial charge in [0.25, 0.3) is 0 Å². The Hall–Kier alpha value is -0.580. The van der Waals surface area contributed by atoms with Gasteiger partial charge >= 0.3 is 0 Å². The van der Waals surface area contributed by atoms with Crippen molar-refractivity contribution in [3.63, 3.8) is 0 Å². The van der Waals surface area contributed by atoms with Crippen molar-refractivity contribution in [2.45, 2.75) is 25.8 Å². The SMILES string of the molecule is CC1CN(C(=O)CCc2cc(Cl)ccc2Br)CCN1. The lowest BCUT2D eigenvalue weighted by atomic mass is 10.1. The fraction of sp³-hybridized carbons (Fsp3) is 0.500. The molecule has 1 aromatic carbocycles. The summed E-state index contributed by atoms with van der Waals surface area (Å²) in [5, 5.41) is 4.05. The third-order valence-electron chi connectivity index (χ3n) is 3.34. The quantitative estimate of drug-likeness (QED) is 0.913. The molecule has 1 aliphatic heterocycles. The lowest BCUT2D eigenvalue weighted by Crippen LogP contribution is -2.51. The Morgan fingerprint density at radius 2 is 2.37 bits per heavy atom. The molecular weight excluding hydrogens is 328 g/mol. The van der Waals surface area contributed by atoms with E-state index < -0.39 is 0 Å². The molecule has 0 aromatic heterocycles. The largest absolute Gasteiger partial charge is 0.340 e. The molecule has 19 heavy (non-hydrogen) atoms. The smallest absolute Gasteiger partial charge is 0.222 e. The lowest BCUT2D eigenvalue weighted by molar-refractivity contribution is -0.132. The van der Waals surface area contributed by atoms with Crippen LogP contribution >= 0.6 is 27.5 Å². The van der Waals surface area contributed by atoms with E-state index in [1.54, 1.807) is 0 Å². The van der Waals surface area contributed by atoms with Crippen LogP contribution in [0, 0.1) is 0 Å². The molecule has 5 heteroatoms. The molecule has 0 aliphatic carbocycles. The number of carbonyl (C=O) groups is 1. The highest BCUT2D eigenvalue weighted by Crippen LogP contribution is 2.22. The van der Waals surface area contributed by atoms with E-state index in [2.05, 4.69) is 28.2 Å². The van der Waals surface area contributed by atoms with Gasteiger partial charge in [-0.2, -0.15) is 0 Å². The molecule has 1 atom stereocenters. The number of rotatable bonds is 3. The van der Waals surface area contributed by atoms with Crippen LogP contribution in [0.1, 0.15) is 18.9 Å². The zero-order valence-electron chi connectivity index (χ0n) is 11.0. The van der Waals surface area contributed by atoms with Gasteiger partial charge in [-0.05, 0) is 37.1 Å². The van der Waals surface area contributed by atoms with Gasteiger partial charge in [-0.15, -0.1) is 0 Å². The van der Waals surface area contributed by atoms with Gasteiger partial charge in [0.05, 0.1) is 0 Å². The minimum absolute atomic E-state index is 0.222. The maximum atomic E-state index is 12.2. The van der Waals surface area contributed by atoms with Crippen LogP contribution in [0.15, 0.2) is 22.7 Å². The number of aryl methyl sites for hydroxylation is 1. The van der Waals surface area contributed by atoms with Crippen molar-refractivity contribution in [2.24, 2.45) is 0 Å². The van der Waals surface area contributed by atoms with Crippen molar-refractivity contribution in [3.05, 3.63) is 33.3 Å². The maximum Gasteiger partial charge on any atom is 0.222 e. The molecule has 1 amide bonds. The van der Waals surface area contributed by atoms with Crippen LogP contribution in [0.5, 0.6) is 0 Å². The van der Waals surface area contributed by atoms with E-state index in [0.29, 0.717) is 17.5 Å². The molecule has 0 saturated carbocycles. The summed E-state index contributed by atoms with van der Waals surface area (Å²) >= 11 is 9.47. The van der Waals surface area contributed by atoms with Crippen molar-refractivity contribution in [1.29, 1.82) is 0 Å². The highest BCUT2D eigenvalue weighted by atomic mass is 79.9. The first kappa shape index (κ1) is 14.8. The van der Waals surface area contributed by atoms with E-state index in [0.717, 1.165) is 36.1 Å². The zero-order valence-corrected chi connectivity index (χ0v) is 13.3. The molecule has 0 bridgehead atoms. The summed E-state index contributed by atoms with van der Waals surface area (Å²) in [4.78, 5) is 14.1. The first-order valence-corrected chi connectivity index (χ1v) is 7.68. The molecule has 1 fully saturated rings. The number of piperazine rings is 1. The average Bonchev–Trinajstić information content (AvgIpc) is 2.39. The Morgan fingerprint density at radius 1 is 1.58 bits per heavy atom. The summed E-state index contributed by atoms with van der Waals surface area (Å²) in [5.41, 5.74) is 1.09.